The zero-order chi connectivity index (χ0) is 23.4. The quantitative estimate of drug-likeness (QED) is 0.628. The van der Waals surface area contributed by atoms with E-state index >= 15 is 0 Å². The van der Waals surface area contributed by atoms with E-state index in [1.54, 1.807) is 0 Å². The molecule has 2 rings (SSSR count). The SMILES string of the molecule is CC(OCC(F)(F)F)C(=O)Nc1ccc(NC(=O)c2cccc(S(C)(=O)=O)c2)c(Cl)c1. The maximum Gasteiger partial charge on any atom is 0.411 e. The average molecular weight is 479 g/mol. The van der Waals surface area contributed by atoms with E-state index in [-0.39, 0.29) is 26.9 Å². The Morgan fingerprint density at radius 1 is 1.13 bits per heavy atom. The summed E-state index contributed by atoms with van der Waals surface area (Å²) in [4.78, 5) is 24.3. The standard InChI is InChI=1S/C19H18ClF3N2O5S/c1-11(30-10-19(21,22)23)17(26)24-13-6-7-16(15(20)9-13)25-18(27)12-4-3-5-14(8-12)31(2,28)29/h3-9,11H,10H2,1-2H3,(H,24,26)(H,25,27). The number of carbonyl (C=O) groups excluding carboxylic acids is 2. The molecular formula is C19H18ClF3N2O5S. The molecule has 0 spiro atoms. The van der Waals surface area contributed by atoms with Crippen LogP contribution in [0.3, 0.4) is 0 Å². The lowest BCUT2D eigenvalue weighted by Gasteiger charge is -2.15. The van der Waals surface area contributed by atoms with Gasteiger partial charge >= 0.3 is 6.18 Å². The van der Waals surface area contributed by atoms with Gasteiger partial charge in [-0.15, -0.1) is 0 Å². The van der Waals surface area contributed by atoms with Crippen LogP contribution in [0.5, 0.6) is 0 Å². The predicted octanol–water partition coefficient (Wildman–Crippen LogP) is 3.90. The monoisotopic (exact) mass is 478 g/mol. The van der Waals surface area contributed by atoms with Crippen LogP contribution in [0.15, 0.2) is 47.4 Å². The molecule has 2 aromatic carbocycles. The maximum absolute atomic E-state index is 12.4. The Labute approximate surface area is 181 Å². The highest BCUT2D eigenvalue weighted by Crippen LogP contribution is 2.26. The average Bonchev–Trinajstić information content (AvgIpc) is 2.67. The second kappa shape index (κ2) is 9.67. The predicted molar refractivity (Wildman–Crippen MR) is 109 cm³/mol. The second-order valence-corrected chi connectivity index (χ2v) is 8.93. The Morgan fingerprint density at radius 3 is 2.39 bits per heavy atom. The molecule has 1 unspecified atom stereocenters. The Bertz CT molecular complexity index is 1090. The number of sulfone groups is 1. The van der Waals surface area contributed by atoms with Crippen LogP contribution in [0.25, 0.3) is 0 Å². The van der Waals surface area contributed by atoms with Crippen molar-refractivity contribution in [3.05, 3.63) is 53.1 Å². The van der Waals surface area contributed by atoms with Crippen LogP contribution in [0.2, 0.25) is 5.02 Å². The van der Waals surface area contributed by atoms with Gasteiger partial charge in [0, 0.05) is 17.5 Å². The summed E-state index contributed by atoms with van der Waals surface area (Å²) in [5, 5.41) is 4.91. The van der Waals surface area contributed by atoms with Gasteiger partial charge in [-0.2, -0.15) is 13.2 Å². The number of amides is 2. The van der Waals surface area contributed by atoms with Crippen LogP contribution in [-0.4, -0.2) is 45.4 Å². The van der Waals surface area contributed by atoms with E-state index in [4.69, 9.17) is 11.6 Å². The number of hydrogen-bond acceptors (Lipinski definition) is 5. The summed E-state index contributed by atoms with van der Waals surface area (Å²) in [6, 6.07) is 9.46. The molecular weight excluding hydrogens is 461 g/mol. The fourth-order valence-electron chi connectivity index (χ4n) is 2.30. The summed E-state index contributed by atoms with van der Waals surface area (Å²) >= 11 is 6.11. The van der Waals surface area contributed by atoms with Crippen molar-refractivity contribution in [2.75, 3.05) is 23.5 Å². The van der Waals surface area contributed by atoms with Gasteiger partial charge in [0.2, 0.25) is 0 Å². The number of halogens is 4. The molecule has 1 atom stereocenters. The van der Waals surface area contributed by atoms with E-state index in [1.807, 2.05) is 0 Å². The van der Waals surface area contributed by atoms with E-state index < -0.39 is 40.5 Å². The Hall–Kier alpha value is -2.63. The van der Waals surface area contributed by atoms with Gasteiger partial charge in [0.25, 0.3) is 11.8 Å². The van der Waals surface area contributed by atoms with Crippen LogP contribution in [0.1, 0.15) is 17.3 Å². The minimum atomic E-state index is -4.56. The molecule has 2 N–H and O–H groups in total. The summed E-state index contributed by atoms with van der Waals surface area (Å²) in [6.45, 7) is -0.393. The first-order valence-electron chi connectivity index (χ1n) is 8.66. The molecule has 12 heteroatoms. The van der Waals surface area contributed by atoms with Gasteiger partial charge in [-0.3, -0.25) is 9.59 Å². The third-order valence-corrected chi connectivity index (χ3v) is 5.30. The Kier molecular flexibility index (Phi) is 7.68. The highest BCUT2D eigenvalue weighted by atomic mass is 35.5. The fraction of sp³-hybridized carbons (Fsp3) is 0.263. The van der Waals surface area contributed by atoms with Crippen molar-refractivity contribution < 1.29 is 35.9 Å². The van der Waals surface area contributed by atoms with Gasteiger partial charge in [0.05, 0.1) is 15.6 Å². The molecule has 0 aliphatic carbocycles. The van der Waals surface area contributed by atoms with E-state index in [0.717, 1.165) is 6.26 Å². The first-order valence-corrected chi connectivity index (χ1v) is 10.9. The zero-order valence-corrected chi connectivity index (χ0v) is 17.9. The number of alkyl halides is 3. The highest BCUT2D eigenvalue weighted by molar-refractivity contribution is 7.90. The third kappa shape index (κ3) is 7.53. The molecule has 0 heterocycles. The lowest BCUT2D eigenvalue weighted by molar-refractivity contribution is -0.184. The lowest BCUT2D eigenvalue weighted by atomic mass is 10.2. The molecule has 0 saturated carbocycles. The molecule has 0 aliphatic heterocycles. The van der Waals surface area contributed by atoms with Crippen LogP contribution < -0.4 is 10.6 Å². The smallest absolute Gasteiger partial charge is 0.359 e. The number of ether oxygens (including phenoxy) is 1. The van der Waals surface area contributed by atoms with Crippen LogP contribution >= 0.6 is 11.6 Å². The van der Waals surface area contributed by atoms with E-state index in [2.05, 4.69) is 15.4 Å². The number of carbonyl (C=O) groups is 2. The first-order chi connectivity index (χ1) is 14.3. The molecule has 0 bridgehead atoms. The number of anilines is 2. The van der Waals surface area contributed by atoms with Gasteiger partial charge in [0.15, 0.2) is 9.84 Å². The highest BCUT2D eigenvalue weighted by Gasteiger charge is 2.30. The Morgan fingerprint density at radius 2 is 1.81 bits per heavy atom. The van der Waals surface area contributed by atoms with Gasteiger partial charge in [-0.25, -0.2) is 8.42 Å². The van der Waals surface area contributed by atoms with Crippen LogP contribution in [-0.2, 0) is 19.4 Å². The number of rotatable bonds is 7. The molecule has 0 saturated heterocycles. The molecule has 0 aliphatic rings. The van der Waals surface area contributed by atoms with E-state index in [1.165, 1.54) is 49.4 Å². The van der Waals surface area contributed by atoms with Crippen molar-refractivity contribution in [3.63, 3.8) is 0 Å². The summed E-state index contributed by atoms with van der Waals surface area (Å²) in [5.41, 5.74) is 0.442. The molecule has 0 fully saturated rings. The Balaban J connectivity index is 2.06. The van der Waals surface area contributed by atoms with Crippen molar-refractivity contribution in [2.24, 2.45) is 0 Å². The second-order valence-electron chi connectivity index (χ2n) is 6.51. The number of hydrogen-bond donors (Lipinski definition) is 2. The normalized spacial score (nSPS) is 12.8. The number of benzene rings is 2. The van der Waals surface area contributed by atoms with Crippen molar-refractivity contribution in [1.29, 1.82) is 0 Å². The van der Waals surface area contributed by atoms with Gasteiger partial charge in [-0.1, -0.05) is 17.7 Å². The van der Waals surface area contributed by atoms with Gasteiger partial charge < -0.3 is 15.4 Å². The minimum Gasteiger partial charge on any atom is -0.359 e. The topological polar surface area (TPSA) is 102 Å². The molecule has 0 aromatic heterocycles. The fourth-order valence-corrected chi connectivity index (χ4v) is 3.19. The summed E-state index contributed by atoms with van der Waals surface area (Å²) in [7, 11) is -3.50. The van der Waals surface area contributed by atoms with E-state index in [0.29, 0.717) is 0 Å². The minimum absolute atomic E-state index is 0.0221. The summed E-state index contributed by atoms with van der Waals surface area (Å²) in [5.74, 6) is -1.42. The third-order valence-electron chi connectivity index (χ3n) is 3.88. The first kappa shape index (κ1) is 24.6. The lowest BCUT2D eigenvalue weighted by Crippen LogP contribution is -2.31. The molecule has 168 valence electrons. The number of nitrogens with one attached hydrogen (secondary N) is 2. The molecule has 7 nitrogen and oxygen atoms in total. The molecule has 2 aromatic rings. The molecule has 2 amide bonds. The van der Waals surface area contributed by atoms with Gasteiger partial charge in [0.1, 0.15) is 12.7 Å². The van der Waals surface area contributed by atoms with E-state index in [9.17, 15) is 31.2 Å². The maximum atomic E-state index is 12.4. The van der Waals surface area contributed by atoms with Crippen molar-refractivity contribution in [2.45, 2.75) is 24.1 Å². The van der Waals surface area contributed by atoms with Crippen molar-refractivity contribution in [3.8, 4) is 0 Å². The summed E-state index contributed by atoms with van der Waals surface area (Å²) < 4.78 is 64.2. The largest absolute Gasteiger partial charge is 0.411 e. The van der Waals surface area contributed by atoms with Crippen molar-refractivity contribution >= 4 is 44.6 Å². The molecule has 31 heavy (non-hydrogen) atoms. The van der Waals surface area contributed by atoms with Gasteiger partial charge in [-0.05, 0) is 43.3 Å². The molecule has 0 radical (unpaired) electrons. The van der Waals surface area contributed by atoms with Crippen molar-refractivity contribution in [1.82, 2.24) is 0 Å². The summed E-state index contributed by atoms with van der Waals surface area (Å²) in [6.07, 6.45) is -4.90. The zero-order valence-electron chi connectivity index (χ0n) is 16.3. The van der Waals surface area contributed by atoms with Crippen LogP contribution in [0, 0.1) is 0 Å². The van der Waals surface area contributed by atoms with Crippen LogP contribution in [0.4, 0.5) is 24.5 Å².